The van der Waals surface area contributed by atoms with Gasteiger partial charge in [-0.3, -0.25) is 9.79 Å². The zero-order valence-corrected chi connectivity index (χ0v) is 21.8. The van der Waals surface area contributed by atoms with Gasteiger partial charge < -0.3 is 20.3 Å². The van der Waals surface area contributed by atoms with E-state index in [0.29, 0.717) is 6.10 Å². The molecule has 0 unspecified atom stereocenters. The Balaban J connectivity index is 0.00000480. The molecule has 0 heterocycles. The number of ether oxygens (including phenoxy) is 1. The van der Waals surface area contributed by atoms with E-state index in [1.807, 2.05) is 18.2 Å². The van der Waals surface area contributed by atoms with Crippen molar-refractivity contribution in [3.63, 3.8) is 0 Å². The summed E-state index contributed by atoms with van der Waals surface area (Å²) in [7, 11) is 5.34. The van der Waals surface area contributed by atoms with Crippen LogP contribution < -0.4 is 10.6 Å². The lowest BCUT2D eigenvalue weighted by Crippen LogP contribution is -2.38. The van der Waals surface area contributed by atoms with Gasteiger partial charge in [-0.05, 0) is 49.8 Å². The van der Waals surface area contributed by atoms with Crippen molar-refractivity contribution < 1.29 is 9.53 Å². The van der Waals surface area contributed by atoms with Gasteiger partial charge in [0.1, 0.15) is 0 Å². The van der Waals surface area contributed by atoms with Gasteiger partial charge in [0.15, 0.2) is 5.96 Å². The van der Waals surface area contributed by atoms with Crippen LogP contribution in [-0.2, 0) is 11.2 Å². The molecular formula is C24H41IN4O2. The lowest BCUT2D eigenvalue weighted by atomic mass is 10.1. The molecule has 31 heavy (non-hydrogen) atoms. The zero-order valence-electron chi connectivity index (χ0n) is 19.5. The van der Waals surface area contributed by atoms with Crippen molar-refractivity contribution in [3.8, 4) is 0 Å². The summed E-state index contributed by atoms with van der Waals surface area (Å²) in [6.45, 7) is 2.52. The summed E-state index contributed by atoms with van der Waals surface area (Å²) in [5.41, 5.74) is 1.87. The summed E-state index contributed by atoms with van der Waals surface area (Å²) < 4.78 is 6.05. The summed E-state index contributed by atoms with van der Waals surface area (Å²) in [5, 5.41) is 6.72. The SMILES string of the molecule is CN=C(NCCCCOC1CCCCCC1)NCCc1cccc(C(=O)N(C)C)c1.I. The highest BCUT2D eigenvalue weighted by Crippen LogP contribution is 2.19. The average Bonchev–Trinajstić information content (AvgIpc) is 3.03. The maximum atomic E-state index is 12.1. The molecule has 1 saturated carbocycles. The number of unbranched alkanes of at least 4 members (excludes halogenated alkanes) is 1. The summed E-state index contributed by atoms with van der Waals surface area (Å²) >= 11 is 0. The molecule has 0 aliphatic heterocycles. The van der Waals surface area contributed by atoms with Crippen molar-refractivity contribution >= 4 is 35.8 Å². The van der Waals surface area contributed by atoms with Gasteiger partial charge in [-0.15, -0.1) is 24.0 Å². The maximum Gasteiger partial charge on any atom is 0.253 e. The van der Waals surface area contributed by atoms with E-state index >= 15 is 0 Å². The minimum atomic E-state index is 0. The van der Waals surface area contributed by atoms with Gasteiger partial charge >= 0.3 is 0 Å². The smallest absolute Gasteiger partial charge is 0.253 e. The topological polar surface area (TPSA) is 66.0 Å². The summed E-state index contributed by atoms with van der Waals surface area (Å²) in [6, 6.07) is 7.82. The van der Waals surface area contributed by atoms with Crippen LogP contribution in [0.25, 0.3) is 0 Å². The molecule has 0 bridgehead atoms. The van der Waals surface area contributed by atoms with Gasteiger partial charge in [-0.2, -0.15) is 0 Å². The average molecular weight is 545 g/mol. The number of carbonyl (C=O) groups excluding carboxylic acids is 1. The van der Waals surface area contributed by atoms with Gasteiger partial charge in [0.2, 0.25) is 0 Å². The van der Waals surface area contributed by atoms with Gasteiger partial charge in [0, 0.05) is 46.4 Å². The van der Waals surface area contributed by atoms with Crippen LogP contribution in [-0.4, -0.2) is 63.7 Å². The largest absolute Gasteiger partial charge is 0.378 e. The van der Waals surface area contributed by atoms with Crippen molar-refractivity contribution in [2.24, 2.45) is 4.99 Å². The van der Waals surface area contributed by atoms with E-state index in [4.69, 9.17) is 4.74 Å². The van der Waals surface area contributed by atoms with E-state index in [2.05, 4.69) is 21.7 Å². The number of hydrogen-bond donors (Lipinski definition) is 2. The quantitative estimate of drug-likeness (QED) is 0.152. The Labute approximate surface area is 205 Å². The second kappa shape index (κ2) is 16.3. The molecule has 1 aromatic rings. The standard InChI is InChI=1S/C24H40N4O2.HI/c1-25-24(26-16-8-9-18-30-22-13-6-4-5-7-14-22)27-17-15-20-11-10-12-21(19-20)23(29)28(2)3;/h10-12,19,22H,4-9,13-18H2,1-3H3,(H2,25,26,27);1H. The second-order valence-corrected chi connectivity index (χ2v) is 8.27. The summed E-state index contributed by atoms with van der Waals surface area (Å²) in [5.74, 6) is 0.852. The van der Waals surface area contributed by atoms with Gasteiger partial charge in [-0.25, -0.2) is 0 Å². The predicted octanol–water partition coefficient (Wildman–Crippen LogP) is 4.23. The van der Waals surface area contributed by atoms with Crippen LogP contribution in [0.2, 0.25) is 0 Å². The van der Waals surface area contributed by atoms with Crippen molar-refractivity contribution in [1.82, 2.24) is 15.5 Å². The number of hydrogen-bond acceptors (Lipinski definition) is 3. The molecule has 0 radical (unpaired) electrons. The Morgan fingerprint density at radius 3 is 2.48 bits per heavy atom. The Morgan fingerprint density at radius 1 is 1.10 bits per heavy atom. The molecule has 0 atom stereocenters. The molecule has 6 nitrogen and oxygen atoms in total. The fraction of sp³-hybridized carbons (Fsp3) is 0.667. The van der Waals surface area contributed by atoms with Crippen LogP contribution in [0.1, 0.15) is 67.3 Å². The molecule has 1 aromatic carbocycles. The maximum absolute atomic E-state index is 12.1. The van der Waals surface area contributed by atoms with Gasteiger partial charge in [0.05, 0.1) is 6.10 Å². The molecular weight excluding hydrogens is 503 g/mol. The monoisotopic (exact) mass is 544 g/mol. The second-order valence-electron chi connectivity index (χ2n) is 8.27. The minimum Gasteiger partial charge on any atom is -0.378 e. The highest BCUT2D eigenvalue weighted by Gasteiger charge is 2.12. The van der Waals surface area contributed by atoms with Crippen molar-refractivity contribution in [3.05, 3.63) is 35.4 Å². The van der Waals surface area contributed by atoms with Crippen LogP contribution in [0.3, 0.4) is 0 Å². The first-order valence-electron chi connectivity index (χ1n) is 11.5. The molecule has 0 spiro atoms. The van der Waals surface area contributed by atoms with Crippen LogP contribution in [0.5, 0.6) is 0 Å². The number of nitrogens with zero attached hydrogens (tertiary/aromatic N) is 2. The van der Waals surface area contributed by atoms with E-state index < -0.39 is 0 Å². The first kappa shape index (κ1) is 27.7. The molecule has 7 heteroatoms. The Kier molecular flexibility index (Phi) is 14.6. The number of halogens is 1. The molecule has 1 aliphatic rings. The zero-order chi connectivity index (χ0) is 21.6. The highest BCUT2D eigenvalue weighted by molar-refractivity contribution is 14.0. The molecule has 2 rings (SSSR count). The fourth-order valence-corrected chi connectivity index (χ4v) is 3.76. The predicted molar refractivity (Wildman–Crippen MR) is 140 cm³/mol. The summed E-state index contributed by atoms with van der Waals surface area (Å²) in [6.07, 6.45) is 11.3. The van der Waals surface area contributed by atoms with Gasteiger partial charge in [-0.1, -0.05) is 37.8 Å². The number of amides is 1. The first-order chi connectivity index (χ1) is 14.6. The van der Waals surface area contributed by atoms with Crippen molar-refractivity contribution in [1.29, 1.82) is 0 Å². The van der Waals surface area contributed by atoms with E-state index in [9.17, 15) is 4.79 Å². The van der Waals surface area contributed by atoms with Crippen LogP contribution in [0.4, 0.5) is 0 Å². The molecule has 176 valence electrons. The Hall–Kier alpha value is -1.35. The van der Waals surface area contributed by atoms with E-state index in [1.54, 1.807) is 26.0 Å². The fourth-order valence-electron chi connectivity index (χ4n) is 3.76. The number of aliphatic imine (C=N–C) groups is 1. The van der Waals surface area contributed by atoms with E-state index in [0.717, 1.165) is 56.0 Å². The third-order valence-electron chi connectivity index (χ3n) is 5.53. The molecule has 1 aliphatic carbocycles. The number of benzene rings is 1. The third kappa shape index (κ3) is 11.2. The lowest BCUT2D eigenvalue weighted by Gasteiger charge is -2.16. The Morgan fingerprint density at radius 2 is 1.81 bits per heavy atom. The number of carbonyl (C=O) groups is 1. The number of guanidine groups is 1. The van der Waals surface area contributed by atoms with E-state index in [-0.39, 0.29) is 29.9 Å². The van der Waals surface area contributed by atoms with Crippen LogP contribution in [0, 0.1) is 0 Å². The first-order valence-corrected chi connectivity index (χ1v) is 11.5. The molecule has 1 amide bonds. The minimum absolute atomic E-state index is 0. The number of rotatable bonds is 10. The third-order valence-corrected chi connectivity index (χ3v) is 5.53. The molecule has 2 N–H and O–H groups in total. The molecule has 0 aromatic heterocycles. The number of nitrogens with one attached hydrogen (secondary N) is 2. The van der Waals surface area contributed by atoms with Crippen LogP contribution in [0.15, 0.2) is 29.3 Å². The van der Waals surface area contributed by atoms with E-state index in [1.165, 1.54) is 38.5 Å². The van der Waals surface area contributed by atoms with Crippen LogP contribution >= 0.6 is 24.0 Å². The van der Waals surface area contributed by atoms with Gasteiger partial charge in [0.25, 0.3) is 5.91 Å². The lowest BCUT2D eigenvalue weighted by molar-refractivity contribution is 0.0411. The van der Waals surface area contributed by atoms with Crippen molar-refractivity contribution in [2.45, 2.75) is 63.9 Å². The molecule has 1 fully saturated rings. The summed E-state index contributed by atoms with van der Waals surface area (Å²) in [4.78, 5) is 18.0. The normalized spacial score (nSPS) is 15.0. The highest BCUT2D eigenvalue weighted by atomic mass is 127. The van der Waals surface area contributed by atoms with Crippen molar-refractivity contribution in [2.75, 3.05) is 40.8 Å². The Bertz CT molecular complexity index is 659. The molecule has 0 saturated heterocycles.